The van der Waals surface area contributed by atoms with Crippen LogP contribution in [0.1, 0.15) is 70.7 Å². The van der Waals surface area contributed by atoms with E-state index in [1.165, 1.54) is 38.4 Å². The van der Waals surface area contributed by atoms with Crippen molar-refractivity contribution in [3.8, 4) is 35.1 Å². The number of ether oxygens (including phenoxy) is 4. The zero-order chi connectivity index (χ0) is 48.0. The first kappa shape index (κ1) is 47.9. The van der Waals surface area contributed by atoms with Crippen LogP contribution in [-0.4, -0.2) is 40.6 Å². The molecule has 0 aliphatic carbocycles. The summed E-state index contributed by atoms with van der Waals surface area (Å²) in [5.74, 6) is -5.56. The number of nitriles is 2. The van der Waals surface area contributed by atoms with E-state index in [0.717, 1.165) is 54.9 Å². The quantitative estimate of drug-likeness (QED) is 0.0633. The molecule has 16 nitrogen and oxygen atoms in total. The lowest BCUT2D eigenvalue weighted by Crippen LogP contribution is -2.26. The van der Waals surface area contributed by atoms with Crippen molar-refractivity contribution in [3.63, 3.8) is 0 Å². The van der Waals surface area contributed by atoms with E-state index in [4.69, 9.17) is 42.1 Å². The number of hydrogen-bond donors (Lipinski definition) is 0. The molecule has 6 aromatic rings. The summed E-state index contributed by atoms with van der Waals surface area (Å²) in [4.78, 5) is 50.7. The highest BCUT2D eigenvalue weighted by Gasteiger charge is 2.23. The van der Waals surface area contributed by atoms with Gasteiger partial charge >= 0.3 is 23.3 Å². The van der Waals surface area contributed by atoms with Gasteiger partial charge in [-0.3, -0.25) is 18.7 Å². The molecule has 0 aliphatic rings. The molecule has 0 aliphatic heterocycles. The Balaban J connectivity index is 1.02. The summed E-state index contributed by atoms with van der Waals surface area (Å²) in [7, 11) is 2.63. The van der Waals surface area contributed by atoms with Gasteiger partial charge in [0, 0.05) is 38.1 Å². The van der Waals surface area contributed by atoms with E-state index in [-0.39, 0.29) is 68.3 Å². The number of carbonyl (C=O) groups excluding carboxylic acids is 2. The molecule has 0 bridgehead atoms. The lowest BCUT2D eigenvalue weighted by atomic mass is 10.1. The Morgan fingerprint density at radius 3 is 1.38 bits per heavy atom. The molecule has 0 saturated carbocycles. The van der Waals surface area contributed by atoms with Gasteiger partial charge in [0.25, 0.3) is 12.9 Å². The maximum absolute atomic E-state index is 15.7. The van der Waals surface area contributed by atoms with Crippen molar-refractivity contribution < 1.29 is 54.9 Å². The molecule has 4 aromatic carbocycles. The standard InChI is InChI=1S/C42H30Cl2F6N8O8/c1-55-31(15-23-3-5-29(43)37(35(23)45)65-27-11-21(17-51)9-25(13-27)39(47)48)53-57(41(55)61)19-63-33(59)7-8-34(60)64-20-58-42(62)56(2)32(54-58)16-24-4-6-30(44)38(36(24)46)66-28-12-22(18-52)10-26(14-28)40(49)50/h3-6,9-14,39-40H,7-8,15-16,19-20H2,1-2H3. The number of rotatable bonds is 17. The van der Waals surface area contributed by atoms with Crippen LogP contribution in [0.15, 0.2) is 70.3 Å². The van der Waals surface area contributed by atoms with E-state index in [2.05, 4.69) is 10.2 Å². The molecule has 0 spiro atoms. The average molecular weight is 960 g/mol. The van der Waals surface area contributed by atoms with E-state index in [1.54, 1.807) is 12.1 Å². The van der Waals surface area contributed by atoms with Crippen LogP contribution >= 0.6 is 23.2 Å². The van der Waals surface area contributed by atoms with Gasteiger partial charge in [-0.15, -0.1) is 0 Å². The molecule has 0 fully saturated rings. The van der Waals surface area contributed by atoms with E-state index >= 15 is 8.78 Å². The third-order valence-electron chi connectivity index (χ3n) is 9.51. The van der Waals surface area contributed by atoms with Crippen LogP contribution in [-0.2, 0) is 59.5 Å². The summed E-state index contributed by atoms with van der Waals surface area (Å²) >= 11 is 12.3. The van der Waals surface area contributed by atoms with Crippen molar-refractivity contribution in [2.45, 2.75) is 52.0 Å². The maximum Gasteiger partial charge on any atom is 0.348 e. The lowest BCUT2D eigenvalue weighted by Gasteiger charge is -2.13. The monoisotopic (exact) mass is 958 g/mol. The fourth-order valence-corrected chi connectivity index (χ4v) is 6.45. The van der Waals surface area contributed by atoms with Crippen LogP contribution in [0, 0.1) is 34.3 Å². The molecule has 2 heterocycles. The van der Waals surface area contributed by atoms with Crippen molar-refractivity contribution in [2.75, 3.05) is 0 Å². The highest BCUT2D eigenvalue weighted by Crippen LogP contribution is 2.38. The normalized spacial score (nSPS) is 11.1. The van der Waals surface area contributed by atoms with Gasteiger partial charge in [0.05, 0.1) is 46.2 Å². The van der Waals surface area contributed by atoms with Crippen LogP contribution in [0.4, 0.5) is 26.3 Å². The molecular formula is C42H30Cl2F6N8O8. The van der Waals surface area contributed by atoms with Crippen LogP contribution < -0.4 is 20.9 Å². The van der Waals surface area contributed by atoms with Crippen LogP contribution in [0.2, 0.25) is 10.0 Å². The fourth-order valence-electron chi connectivity index (χ4n) is 6.08. The summed E-state index contributed by atoms with van der Waals surface area (Å²) in [6, 6.07) is 14.5. The minimum Gasteiger partial charge on any atom is -0.453 e. The number of alkyl halides is 4. The third-order valence-corrected chi connectivity index (χ3v) is 10.1. The van der Waals surface area contributed by atoms with E-state index in [0.29, 0.717) is 0 Å². The minimum absolute atomic E-state index is 0.00472. The Morgan fingerprint density at radius 2 is 1.03 bits per heavy atom. The molecule has 0 atom stereocenters. The number of aromatic nitrogens is 6. The van der Waals surface area contributed by atoms with Crippen LogP contribution in [0.3, 0.4) is 0 Å². The maximum atomic E-state index is 15.7. The number of benzene rings is 4. The number of halogens is 8. The van der Waals surface area contributed by atoms with Gasteiger partial charge in [-0.25, -0.2) is 35.9 Å². The number of carbonyl (C=O) groups is 2. The molecule has 0 saturated heterocycles. The van der Waals surface area contributed by atoms with Gasteiger partial charge in [-0.05, 0) is 59.7 Å². The Labute approximate surface area is 377 Å². The van der Waals surface area contributed by atoms with Gasteiger partial charge in [0.1, 0.15) is 23.1 Å². The third kappa shape index (κ3) is 11.0. The number of hydrogen-bond acceptors (Lipinski definition) is 12. The second-order valence-electron chi connectivity index (χ2n) is 14.0. The predicted molar refractivity (Wildman–Crippen MR) is 217 cm³/mol. The topological polar surface area (TPSA) is 198 Å². The first-order valence-corrected chi connectivity index (χ1v) is 19.7. The van der Waals surface area contributed by atoms with Crippen molar-refractivity contribution in [1.82, 2.24) is 28.7 Å². The summed E-state index contributed by atoms with van der Waals surface area (Å²) in [6.07, 6.45) is -7.59. The fraction of sp³-hybridized carbons (Fsp3) is 0.238. The lowest BCUT2D eigenvalue weighted by molar-refractivity contribution is -0.154. The van der Waals surface area contributed by atoms with Gasteiger partial charge in [-0.2, -0.15) is 30.1 Å². The molecule has 2 aromatic heterocycles. The molecule has 6 rings (SSSR count). The van der Waals surface area contributed by atoms with E-state index in [9.17, 15) is 47.3 Å². The van der Waals surface area contributed by atoms with Crippen LogP contribution in [0.5, 0.6) is 23.0 Å². The van der Waals surface area contributed by atoms with Crippen molar-refractivity contribution in [2.24, 2.45) is 14.1 Å². The average Bonchev–Trinajstić information content (AvgIpc) is 3.72. The van der Waals surface area contributed by atoms with E-state index in [1.807, 2.05) is 0 Å². The SMILES string of the molecule is Cn1c(Cc2ccc(Cl)c(Oc3cc(C#N)cc(C(F)F)c3)c2F)nn(COC(=O)CCC(=O)OCn2nc(Cc3ccc(Cl)c(Oc4cc(C#N)cc(C(F)F)c4)c3F)n(C)c2=O)c1=O. The second kappa shape index (κ2) is 20.5. The number of esters is 2. The molecule has 0 amide bonds. The highest BCUT2D eigenvalue weighted by atomic mass is 35.5. The second-order valence-corrected chi connectivity index (χ2v) is 14.8. The zero-order valence-corrected chi connectivity index (χ0v) is 35.6. The van der Waals surface area contributed by atoms with Gasteiger partial charge < -0.3 is 18.9 Å². The van der Waals surface area contributed by atoms with Crippen molar-refractivity contribution in [3.05, 3.63) is 148 Å². The van der Waals surface area contributed by atoms with E-state index < -0.39 is 96.7 Å². The molecule has 342 valence electrons. The molecule has 24 heteroatoms. The van der Waals surface area contributed by atoms with Gasteiger partial charge in [-0.1, -0.05) is 35.3 Å². The summed E-state index contributed by atoms with van der Waals surface area (Å²) in [5.41, 5.74) is -3.09. The molecular weight excluding hydrogens is 929 g/mol. The highest BCUT2D eigenvalue weighted by molar-refractivity contribution is 6.32. The molecule has 66 heavy (non-hydrogen) atoms. The van der Waals surface area contributed by atoms with Gasteiger partial charge in [0.2, 0.25) is 0 Å². The Bertz CT molecular complexity index is 2860. The molecule has 0 unspecified atom stereocenters. The molecule has 0 radical (unpaired) electrons. The summed E-state index contributed by atoms with van der Waals surface area (Å²) < 4.78 is 110. The van der Waals surface area contributed by atoms with Crippen molar-refractivity contribution >= 4 is 35.1 Å². The largest absolute Gasteiger partial charge is 0.453 e. The molecule has 0 N–H and O–H groups in total. The smallest absolute Gasteiger partial charge is 0.348 e. The summed E-state index contributed by atoms with van der Waals surface area (Å²) in [6.45, 7) is -1.41. The summed E-state index contributed by atoms with van der Waals surface area (Å²) in [5, 5.41) is 26.1. The number of nitrogens with zero attached hydrogens (tertiary/aromatic N) is 8. The minimum atomic E-state index is -2.95. The van der Waals surface area contributed by atoms with Crippen molar-refractivity contribution in [1.29, 1.82) is 10.5 Å². The first-order chi connectivity index (χ1) is 31.4. The Morgan fingerprint density at radius 1 is 0.652 bits per heavy atom. The zero-order valence-electron chi connectivity index (χ0n) is 34.0. The Kier molecular flexibility index (Phi) is 14.9. The van der Waals surface area contributed by atoms with Gasteiger partial charge in [0.15, 0.2) is 36.6 Å². The predicted octanol–water partition coefficient (Wildman–Crippen LogP) is 7.93. The van der Waals surface area contributed by atoms with Crippen LogP contribution in [0.25, 0.3) is 0 Å². The first-order valence-electron chi connectivity index (χ1n) is 18.9. The Hall–Kier alpha value is -7.56.